The predicted molar refractivity (Wildman–Crippen MR) is 65.7 cm³/mol. The first-order valence-electron chi connectivity index (χ1n) is 5.51. The molecule has 0 aliphatic carbocycles. The molecule has 17 heavy (non-hydrogen) atoms. The first kappa shape index (κ1) is 11.6. The second-order valence-electron chi connectivity index (χ2n) is 3.77. The maximum atomic E-state index is 5.62. The van der Waals surface area contributed by atoms with Crippen molar-refractivity contribution in [3.63, 3.8) is 0 Å². The highest BCUT2D eigenvalue weighted by molar-refractivity contribution is 5.86. The summed E-state index contributed by atoms with van der Waals surface area (Å²) in [5, 5.41) is 10.7. The van der Waals surface area contributed by atoms with Crippen LogP contribution in [0.25, 0.3) is 11.0 Å². The fourth-order valence-corrected chi connectivity index (χ4v) is 1.53. The molecule has 0 aromatic carbocycles. The number of anilines is 2. The minimum absolute atomic E-state index is 0.141. The standard InChI is InChI=1S/C10H16N6O/c1-3-17-5-6(2)13-8-7-4-12-16-9(7)15-10(11)14-8/h4,6H,3,5H2,1-2H3,(H4,11,12,13,14,15,16). The largest absolute Gasteiger partial charge is 0.380 e. The number of nitrogens with one attached hydrogen (secondary N) is 2. The van der Waals surface area contributed by atoms with E-state index >= 15 is 0 Å². The van der Waals surface area contributed by atoms with E-state index in [4.69, 9.17) is 10.5 Å². The molecule has 7 heteroatoms. The van der Waals surface area contributed by atoms with Gasteiger partial charge in [0.05, 0.1) is 18.2 Å². The van der Waals surface area contributed by atoms with Crippen LogP contribution in [0.3, 0.4) is 0 Å². The van der Waals surface area contributed by atoms with Crippen molar-refractivity contribution in [3.8, 4) is 0 Å². The van der Waals surface area contributed by atoms with Crippen LogP contribution in [0.4, 0.5) is 11.8 Å². The van der Waals surface area contributed by atoms with Gasteiger partial charge in [-0.05, 0) is 13.8 Å². The minimum Gasteiger partial charge on any atom is -0.380 e. The summed E-state index contributed by atoms with van der Waals surface area (Å²) in [6, 6.07) is 0.141. The Bertz CT molecular complexity index is 497. The van der Waals surface area contributed by atoms with E-state index in [0.29, 0.717) is 24.7 Å². The van der Waals surface area contributed by atoms with Crippen molar-refractivity contribution in [2.45, 2.75) is 19.9 Å². The summed E-state index contributed by atoms with van der Waals surface area (Å²) in [4.78, 5) is 8.20. The van der Waals surface area contributed by atoms with Crippen molar-refractivity contribution < 1.29 is 4.74 Å². The summed E-state index contributed by atoms with van der Waals surface area (Å²) in [7, 11) is 0. The number of aromatic amines is 1. The molecule has 0 spiro atoms. The lowest BCUT2D eigenvalue weighted by Gasteiger charge is -2.14. The summed E-state index contributed by atoms with van der Waals surface area (Å²) in [6.07, 6.45) is 1.67. The van der Waals surface area contributed by atoms with E-state index in [0.717, 1.165) is 5.39 Å². The van der Waals surface area contributed by atoms with E-state index in [1.165, 1.54) is 0 Å². The lowest BCUT2D eigenvalue weighted by atomic mass is 10.3. The van der Waals surface area contributed by atoms with Crippen LogP contribution in [0, 0.1) is 0 Å². The van der Waals surface area contributed by atoms with E-state index in [2.05, 4.69) is 25.5 Å². The van der Waals surface area contributed by atoms with Gasteiger partial charge in [-0.1, -0.05) is 0 Å². The van der Waals surface area contributed by atoms with Gasteiger partial charge in [0.25, 0.3) is 0 Å². The Balaban J connectivity index is 2.19. The monoisotopic (exact) mass is 236 g/mol. The number of H-pyrrole nitrogens is 1. The smallest absolute Gasteiger partial charge is 0.224 e. The highest BCUT2D eigenvalue weighted by Gasteiger charge is 2.10. The van der Waals surface area contributed by atoms with E-state index in [9.17, 15) is 0 Å². The van der Waals surface area contributed by atoms with Gasteiger partial charge in [-0.2, -0.15) is 15.1 Å². The third kappa shape index (κ3) is 2.62. The van der Waals surface area contributed by atoms with E-state index in [1.54, 1.807) is 6.20 Å². The number of hydrogen-bond acceptors (Lipinski definition) is 6. The van der Waals surface area contributed by atoms with Gasteiger partial charge in [-0.3, -0.25) is 5.10 Å². The lowest BCUT2D eigenvalue weighted by Crippen LogP contribution is -2.22. The molecule has 0 radical (unpaired) electrons. The molecule has 0 aliphatic rings. The molecule has 92 valence electrons. The maximum absolute atomic E-state index is 5.62. The van der Waals surface area contributed by atoms with Gasteiger partial charge in [0.1, 0.15) is 5.82 Å². The van der Waals surface area contributed by atoms with Gasteiger partial charge in [-0.15, -0.1) is 0 Å². The quantitative estimate of drug-likeness (QED) is 0.708. The Morgan fingerprint density at radius 1 is 1.53 bits per heavy atom. The van der Waals surface area contributed by atoms with Crippen molar-refractivity contribution in [3.05, 3.63) is 6.20 Å². The number of ether oxygens (including phenoxy) is 1. The SMILES string of the molecule is CCOCC(C)Nc1nc(N)nc2[nH]ncc12. The Hall–Kier alpha value is -1.89. The highest BCUT2D eigenvalue weighted by Crippen LogP contribution is 2.19. The van der Waals surface area contributed by atoms with Crippen molar-refractivity contribution in [1.82, 2.24) is 20.2 Å². The van der Waals surface area contributed by atoms with Crippen molar-refractivity contribution in [2.75, 3.05) is 24.3 Å². The number of fused-ring (bicyclic) bond motifs is 1. The molecule has 2 heterocycles. The van der Waals surface area contributed by atoms with Crippen LogP contribution >= 0.6 is 0 Å². The number of nitrogen functional groups attached to an aromatic ring is 1. The minimum atomic E-state index is 0.141. The third-order valence-electron chi connectivity index (χ3n) is 2.28. The topological polar surface area (TPSA) is 102 Å². The Kier molecular flexibility index (Phi) is 3.38. The molecule has 0 fully saturated rings. The summed E-state index contributed by atoms with van der Waals surface area (Å²) < 4.78 is 5.33. The second kappa shape index (κ2) is 4.96. The summed E-state index contributed by atoms with van der Waals surface area (Å²) in [5.74, 6) is 0.890. The molecule has 0 saturated heterocycles. The summed E-state index contributed by atoms with van der Waals surface area (Å²) in [5.41, 5.74) is 6.25. The molecule has 1 unspecified atom stereocenters. The molecule has 2 aromatic rings. The number of nitrogens with two attached hydrogens (primary N) is 1. The van der Waals surface area contributed by atoms with E-state index in [-0.39, 0.29) is 12.0 Å². The van der Waals surface area contributed by atoms with Crippen LogP contribution in [0.1, 0.15) is 13.8 Å². The summed E-state index contributed by atoms with van der Waals surface area (Å²) in [6.45, 7) is 5.28. The first-order chi connectivity index (χ1) is 8.20. The van der Waals surface area contributed by atoms with Gasteiger partial charge in [0.15, 0.2) is 5.65 Å². The van der Waals surface area contributed by atoms with Crippen molar-refractivity contribution in [2.24, 2.45) is 0 Å². The first-order valence-corrected chi connectivity index (χ1v) is 5.51. The van der Waals surface area contributed by atoms with Crippen LogP contribution in [0.15, 0.2) is 6.20 Å². The van der Waals surface area contributed by atoms with Crippen molar-refractivity contribution >= 4 is 22.8 Å². The van der Waals surface area contributed by atoms with Gasteiger partial charge >= 0.3 is 0 Å². The molecule has 0 bridgehead atoms. The summed E-state index contributed by atoms with van der Waals surface area (Å²) >= 11 is 0. The Morgan fingerprint density at radius 2 is 2.35 bits per heavy atom. The van der Waals surface area contributed by atoms with Crippen LogP contribution in [-0.2, 0) is 4.74 Å². The number of rotatable bonds is 5. The molecule has 0 saturated carbocycles. The van der Waals surface area contributed by atoms with Crippen molar-refractivity contribution in [1.29, 1.82) is 0 Å². The molecule has 1 atom stereocenters. The predicted octanol–water partition coefficient (Wildman–Crippen LogP) is 0.772. The van der Waals surface area contributed by atoms with Crippen LogP contribution in [0.2, 0.25) is 0 Å². The number of hydrogen-bond donors (Lipinski definition) is 3. The zero-order valence-electron chi connectivity index (χ0n) is 9.90. The molecule has 2 aromatic heterocycles. The molecular formula is C10H16N6O. The fourth-order valence-electron chi connectivity index (χ4n) is 1.53. The third-order valence-corrected chi connectivity index (χ3v) is 2.28. The van der Waals surface area contributed by atoms with Gasteiger partial charge in [0.2, 0.25) is 5.95 Å². The van der Waals surface area contributed by atoms with Gasteiger partial charge in [-0.25, -0.2) is 0 Å². The highest BCUT2D eigenvalue weighted by atomic mass is 16.5. The Labute approximate surface area is 98.8 Å². The van der Waals surface area contributed by atoms with Crippen LogP contribution in [0.5, 0.6) is 0 Å². The molecular weight excluding hydrogens is 220 g/mol. The molecule has 2 rings (SSSR count). The maximum Gasteiger partial charge on any atom is 0.224 e. The van der Waals surface area contributed by atoms with Crippen LogP contribution in [-0.4, -0.2) is 39.4 Å². The molecule has 7 nitrogen and oxygen atoms in total. The zero-order valence-corrected chi connectivity index (χ0v) is 9.90. The number of aromatic nitrogens is 4. The lowest BCUT2D eigenvalue weighted by molar-refractivity contribution is 0.141. The Morgan fingerprint density at radius 3 is 3.12 bits per heavy atom. The zero-order chi connectivity index (χ0) is 12.3. The molecule has 4 N–H and O–H groups in total. The average molecular weight is 236 g/mol. The number of nitrogens with zero attached hydrogens (tertiary/aromatic N) is 3. The molecule has 0 amide bonds. The van der Waals surface area contributed by atoms with Gasteiger partial charge < -0.3 is 15.8 Å². The van der Waals surface area contributed by atoms with Gasteiger partial charge in [0, 0.05) is 12.6 Å². The van der Waals surface area contributed by atoms with Crippen LogP contribution < -0.4 is 11.1 Å². The normalized spacial score (nSPS) is 12.8. The fraction of sp³-hybridized carbons (Fsp3) is 0.500. The molecule has 0 aliphatic heterocycles. The van der Waals surface area contributed by atoms with E-state index in [1.807, 2.05) is 13.8 Å². The second-order valence-corrected chi connectivity index (χ2v) is 3.77. The average Bonchev–Trinajstić information content (AvgIpc) is 2.74. The van der Waals surface area contributed by atoms with E-state index < -0.39 is 0 Å².